The second-order valence-corrected chi connectivity index (χ2v) is 29.0. The summed E-state index contributed by atoms with van der Waals surface area (Å²) < 4.78 is 75.5. The minimum Gasteiger partial charge on any atom is -0.478 e. The van der Waals surface area contributed by atoms with E-state index in [0.29, 0.717) is 83.2 Å². The molecule has 0 spiro atoms. The highest BCUT2D eigenvalue weighted by molar-refractivity contribution is 7.90. The Labute approximate surface area is 508 Å². The zero-order valence-corrected chi connectivity index (χ0v) is 52.3. The molecule has 0 radical (unpaired) electrons. The van der Waals surface area contributed by atoms with E-state index in [1.54, 1.807) is 36.7 Å². The number of amides is 1. The average Bonchev–Trinajstić information content (AvgIpc) is 4.19. The number of nitrogens with zero attached hydrogens (tertiary/aromatic N) is 8. The molecule has 4 aliphatic rings. The maximum Gasteiger partial charge on any atom is 0.338 e. The Kier molecular flexibility index (Phi) is 20.9. The van der Waals surface area contributed by atoms with Gasteiger partial charge in [-0.3, -0.25) is 4.79 Å². The summed E-state index contributed by atoms with van der Waals surface area (Å²) in [6.45, 7) is 16.1. The van der Waals surface area contributed by atoms with E-state index in [0.717, 1.165) is 50.1 Å². The first-order valence-electron chi connectivity index (χ1n) is 28.9. The molecule has 21 nitrogen and oxygen atoms in total. The summed E-state index contributed by atoms with van der Waals surface area (Å²) in [7, 11) is -7.89. The normalized spacial score (nSPS) is 18.6. The predicted molar refractivity (Wildman–Crippen MR) is 321 cm³/mol. The lowest BCUT2D eigenvalue weighted by atomic mass is 9.89. The zero-order valence-electron chi connectivity index (χ0n) is 49.1. The number of aromatic carboxylic acids is 1. The SMILES string of the molecule is CC1(C)CCC(CCCOc2ccc(S(=O)(=O)NC(=O)c3ccc(-n4ccc(OCCC5(C)CC5)n4)nc3Cl)cn2)C1.CC1(C)CCC(CCCOc2ccc(S(N)(=O)=O)cn2)C1.CC1(CCOc2ccn(-c3ccc(C(=O)O)c(Cl)n3)n2)CC1. The number of carboxylic acids is 1. The Morgan fingerprint density at radius 1 is 0.600 bits per heavy atom. The van der Waals surface area contributed by atoms with Gasteiger partial charge in [-0.2, -0.15) is 0 Å². The van der Waals surface area contributed by atoms with Crippen LogP contribution in [0.15, 0.2) is 95.2 Å². The monoisotopic (exact) mass is 1250 g/mol. The van der Waals surface area contributed by atoms with Gasteiger partial charge in [0.25, 0.3) is 15.9 Å². The van der Waals surface area contributed by atoms with Crippen LogP contribution in [0.5, 0.6) is 23.5 Å². The molecule has 85 heavy (non-hydrogen) atoms. The maximum absolute atomic E-state index is 12.8. The quantitative estimate of drug-likeness (QED) is 0.0355. The number of ether oxygens (including phenoxy) is 4. The van der Waals surface area contributed by atoms with E-state index in [1.807, 2.05) is 4.72 Å². The second-order valence-electron chi connectivity index (χ2n) is 25.0. The molecule has 4 fully saturated rings. The van der Waals surface area contributed by atoms with Crippen molar-refractivity contribution in [2.75, 3.05) is 26.4 Å². The van der Waals surface area contributed by atoms with Crippen LogP contribution in [0.2, 0.25) is 10.3 Å². The van der Waals surface area contributed by atoms with Crippen molar-refractivity contribution in [1.82, 2.24) is 44.2 Å². The molecule has 0 bridgehead atoms. The summed E-state index contributed by atoms with van der Waals surface area (Å²) >= 11 is 12.1. The number of sulfonamides is 2. The Bertz CT molecular complexity index is 3480. The highest BCUT2D eigenvalue weighted by atomic mass is 35.5. The highest BCUT2D eigenvalue weighted by Gasteiger charge is 2.38. The summed E-state index contributed by atoms with van der Waals surface area (Å²) in [5.41, 5.74) is 1.64. The Morgan fingerprint density at radius 3 is 1.41 bits per heavy atom. The lowest BCUT2D eigenvalue weighted by Gasteiger charge is -2.17. The van der Waals surface area contributed by atoms with Crippen molar-refractivity contribution >= 4 is 55.1 Å². The molecule has 0 aromatic carbocycles. The van der Waals surface area contributed by atoms with Gasteiger partial charge in [-0.05, 0) is 173 Å². The molecule has 2 atom stereocenters. The third kappa shape index (κ3) is 19.6. The third-order valence-electron chi connectivity index (χ3n) is 16.3. The number of hydrogen-bond acceptors (Lipinski definition) is 16. The number of nitrogens with two attached hydrogens (primary N) is 1. The third-order valence-corrected chi connectivity index (χ3v) is 19.1. The number of carboxylic acid groups (broad SMARTS) is 1. The largest absolute Gasteiger partial charge is 0.478 e. The fourth-order valence-corrected chi connectivity index (χ4v) is 12.2. The van der Waals surface area contributed by atoms with Crippen molar-refractivity contribution < 1.29 is 50.5 Å². The first kappa shape index (κ1) is 64.6. The lowest BCUT2D eigenvalue weighted by molar-refractivity contribution is 0.0696. The smallest absolute Gasteiger partial charge is 0.338 e. The van der Waals surface area contributed by atoms with E-state index in [4.69, 9.17) is 52.4 Å². The number of nitrogens with one attached hydrogen (secondary N) is 1. The lowest BCUT2D eigenvalue weighted by Crippen LogP contribution is -2.31. The van der Waals surface area contributed by atoms with Gasteiger partial charge in [0.2, 0.25) is 33.5 Å². The average molecular weight is 1250 g/mol. The van der Waals surface area contributed by atoms with Crippen molar-refractivity contribution in [3.8, 4) is 35.2 Å². The van der Waals surface area contributed by atoms with Gasteiger partial charge in [0, 0.05) is 36.7 Å². The van der Waals surface area contributed by atoms with Crippen LogP contribution in [0.4, 0.5) is 0 Å². The van der Waals surface area contributed by atoms with Crippen molar-refractivity contribution in [3.05, 3.63) is 107 Å². The molecule has 25 heteroatoms. The number of rotatable bonds is 25. The van der Waals surface area contributed by atoms with E-state index < -0.39 is 31.9 Å². The first-order valence-corrected chi connectivity index (χ1v) is 32.6. The molecule has 10 rings (SSSR count). The van der Waals surface area contributed by atoms with Crippen LogP contribution in [0.3, 0.4) is 0 Å². The number of primary sulfonamides is 1. The topological polar surface area (TPSA) is 285 Å². The molecule has 4 aliphatic carbocycles. The molecule has 4 N–H and O–H groups in total. The number of carbonyl (C=O) groups excluding carboxylic acids is 1. The number of carbonyl (C=O) groups is 2. The zero-order chi connectivity index (χ0) is 61.2. The van der Waals surface area contributed by atoms with Crippen LogP contribution in [0.1, 0.15) is 165 Å². The van der Waals surface area contributed by atoms with Gasteiger partial charge in [-0.15, -0.1) is 10.2 Å². The van der Waals surface area contributed by atoms with Gasteiger partial charge in [-0.1, -0.05) is 64.7 Å². The van der Waals surface area contributed by atoms with Crippen LogP contribution >= 0.6 is 23.2 Å². The summed E-state index contributed by atoms with van der Waals surface area (Å²) in [6, 6.07) is 15.1. The molecule has 0 aliphatic heterocycles. The van der Waals surface area contributed by atoms with Gasteiger partial charge in [-0.25, -0.2) is 60.8 Å². The van der Waals surface area contributed by atoms with Gasteiger partial charge >= 0.3 is 5.97 Å². The summed E-state index contributed by atoms with van der Waals surface area (Å²) in [6.07, 6.45) is 24.7. The van der Waals surface area contributed by atoms with Gasteiger partial charge in [0.1, 0.15) is 20.1 Å². The summed E-state index contributed by atoms with van der Waals surface area (Å²) in [5.74, 6) is 2.07. The standard InChI is InChI=1S/C30H38ClN5O5S.C15H16ClN3O3.C15H24N2O3S/c1-29(2)12-10-21(19-29)5-4-17-40-25-9-6-22(20-32-25)42(38,39)35-28(37)23-7-8-24(33-27(23)31)36-16-11-26(34-36)41-18-15-30(3)13-14-30;1-15(5-6-15)7-9-22-12-4-8-19(18-12)11-3-2-10(14(20)21)13(16)17-11;1-15(2)8-7-12(10-15)4-3-9-20-14-6-5-13(11-17-14)21(16,18)19/h6-9,11,16,20-21H,4-5,10,12-15,17-19H2,1-3H3,(H,35,37);2-4,8H,5-7,9H2,1H3,(H,20,21);5-6,11-12H,3-4,7-10H2,1-2H3,(H2,16,18,19). The Balaban J connectivity index is 0.000000183. The summed E-state index contributed by atoms with van der Waals surface area (Å²) in [5, 5.41) is 22.3. The molecule has 6 aromatic heterocycles. The fourth-order valence-electron chi connectivity index (χ4n) is 10.4. The Morgan fingerprint density at radius 2 is 1.04 bits per heavy atom. The predicted octanol–water partition coefficient (Wildman–Crippen LogP) is 11.9. The molecule has 0 saturated heterocycles. The van der Waals surface area contributed by atoms with Crippen LogP contribution in [0, 0.1) is 33.5 Å². The summed E-state index contributed by atoms with van der Waals surface area (Å²) in [4.78, 5) is 39.9. The molecule has 4 saturated carbocycles. The second kappa shape index (κ2) is 27.5. The Hall–Kier alpha value is -6.40. The van der Waals surface area contributed by atoms with Crippen molar-refractivity contribution in [3.63, 3.8) is 0 Å². The van der Waals surface area contributed by atoms with Crippen LogP contribution in [-0.2, 0) is 20.0 Å². The van der Waals surface area contributed by atoms with E-state index in [-0.39, 0.29) is 31.2 Å². The molecule has 6 heterocycles. The number of pyridine rings is 4. The van der Waals surface area contributed by atoms with Crippen molar-refractivity contribution in [2.24, 2.45) is 38.6 Å². The van der Waals surface area contributed by atoms with Crippen molar-refractivity contribution in [1.29, 1.82) is 0 Å². The maximum atomic E-state index is 12.8. The first-order chi connectivity index (χ1) is 40.1. The number of hydrogen-bond donors (Lipinski definition) is 3. The van der Waals surface area contributed by atoms with Gasteiger partial charge in [0.15, 0.2) is 11.6 Å². The highest BCUT2D eigenvalue weighted by Crippen LogP contribution is 2.49. The molecular formula is C60H78Cl2N10O11S2. The minimum absolute atomic E-state index is 0.00281. The van der Waals surface area contributed by atoms with Crippen LogP contribution < -0.4 is 28.8 Å². The van der Waals surface area contributed by atoms with Crippen LogP contribution in [0.25, 0.3) is 11.6 Å². The molecule has 1 amide bonds. The minimum atomic E-state index is -4.20. The molecule has 460 valence electrons. The van der Waals surface area contributed by atoms with E-state index in [1.165, 1.54) is 123 Å². The number of halogens is 2. The van der Waals surface area contributed by atoms with Crippen molar-refractivity contribution in [2.45, 2.75) is 154 Å². The van der Waals surface area contributed by atoms with Gasteiger partial charge in [0.05, 0.1) is 49.9 Å². The fraction of sp³-hybridized carbons (Fsp3) is 0.533. The van der Waals surface area contributed by atoms with E-state index in [2.05, 4.69) is 71.7 Å². The van der Waals surface area contributed by atoms with Crippen LogP contribution in [-0.4, -0.2) is 99.7 Å². The molecule has 2 unspecified atom stereocenters. The molecule has 6 aromatic rings. The van der Waals surface area contributed by atoms with Gasteiger partial charge < -0.3 is 24.1 Å². The molecular weight excluding hydrogens is 1170 g/mol. The number of aromatic nitrogens is 8. The van der Waals surface area contributed by atoms with E-state index >= 15 is 0 Å². The van der Waals surface area contributed by atoms with E-state index in [9.17, 15) is 26.4 Å².